The molecule has 2 aromatic carbocycles. The van der Waals surface area contributed by atoms with E-state index in [1.165, 1.54) is 18.2 Å². The lowest BCUT2D eigenvalue weighted by molar-refractivity contribution is 0.0972. The number of aryl methyl sites for hydroxylation is 2. The SMILES string of the molecule is Cc1cccnc1-c1ccc2c(c1)CC[C@H](C)N2C(=O)c1ccc(O)cc1O. The van der Waals surface area contributed by atoms with Crippen molar-refractivity contribution in [3.05, 3.63) is 71.4 Å². The van der Waals surface area contributed by atoms with Crippen LogP contribution in [0.15, 0.2) is 54.7 Å². The molecule has 4 rings (SSSR count). The second-order valence-electron chi connectivity index (χ2n) is 7.28. The molecular weight excluding hydrogens is 352 g/mol. The number of hydrogen-bond acceptors (Lipinski definition) is 4. The lowest BCUT2D eigenvalue weighted by atomic mass is 9.92. The molecule has 3 aromatic rings. The van der Waals surface area contributed by atoms with Crippen molar-refractivity contribution in [1.82, 2.24) is 4.98 Å². The Hall–Kier alpha value is -3.34. The quantitative estimate of drug-likeness (QED) is 0.695. The number of rotatable bonds is 2. The minimum absolute atomic E-state index is 0.00985. The molecule has 142 valence electrons. The Morgan fingerprint density at radius 2 is 1.96 bits per heavy atom. The van der Waals surface area contributed by atoms with Crippen LogP contribution in [0.2, 0.25) is 0 Å². The summed E-state index contributed by atoms with van der Waals surface area (Å²) in [5, 5.41) is 19.6. The van der Waals surface area contributed by atoms with Crippen LogP contribution in [-0.4, -0.2) is 27.1 Å². The molecule has 1 aromatic heterocycles. The average Bonchev–Trinajstić information content (AvgIpc) is 2.67. The van der Waals surface area contributed by atoms with Crippen molar-refractivity contribution in [3.63, 3.8) is 0 Å². The molecule has 0 bridgehead atoms. The molecule has 0 aliphatic carbocycles. The van der Waals surface area contributed by atoms with E-state index >= 15 is 0 Å². The minimum Gasteiger partial charge on any atom is -0.508 e. The summed E-state index contributed by atoms with van der Waals surface area (Å²) in [7, 11) is 0. The molecule has 1 atom stereocenters. The van der Waals surface area contributed by atoms with Crippen molar-refractivity contribution in [2.45, 2.75) is 32.7 Å². The third kappa shape index (κ3) is 3.09. The van der Waals surface area contributed by atoms with E-state index < -0.39 is 0 Å². The molecule has 28 heavy (non-hydrogen) atoms. The Morgan fingerprint density at radius 1 is 1.14 bits per heavy atom. The highest BCUT2D eigenvalue weighted by molar-refractivity contribution is 6.09. The highest BCUT2D eigenvalue weighted by Crippen LogP contribution is 2.36. The van der Waals surface area contributed by atoms with Gasteiger partial charge in [0.15, 0.2) is 0 Å². The molecular formula is C23H22N2O3. The first-order valence-electron chi connectivity index (χ1n) is 9.36. The predicted molar refractivity (Wildman–Crippen MR) is 109 cm³/mol. The van der Waals surface area contributed by atoms with Crippen molar-refractivity contribution in [3.8, 4) is 22.8 Å². The maximum Gasteiger partial charge on any atom is 0.262 e. The summed E-state index contributed by atoms with van der Waals surface area (Å²) in [6.45, 7) is 4.04. The zero-order valence-corrected chi connectivity index (χ0v) is 15.9. The lowest BCUT2D eigenvalue weighted by Crippen LogP contribution is -2.42. The highest BCUT2D eigenvalue weighted by atomic mass is 16.3. The fourth-order valence-electron chi connectivity index (χ4n) is 3.83. The Morgan fingerprint density at radius 3 is 2.71 bits per heavy atom. The first-order valence-corrected chi connectivity index (χ1v) is 9.36. The number of amides is 1. The number of phenolic OH excluding ortho intramolecular Hbond substituents is 2. The van der Waals surface area contributed by atoms with Gasteiger partial charge >= 0.3 is 0 Å². The molecule has 1 aliphatic rings. The van der Waals surface area contributed by atoms with Crippen LogP contribution in [0, 0.1) is 6.92 Å². The van der Waals surface area contributed by atoms with Gasteiger partial charge in [0.05, 0.1) is 11.3 Å². The second kappa shape index (κ2) is 7.00. The van der Waals surface area contributed by atoms with E-state index in [1.54, 1.807) is 11.1 Å². The van der Waals surface area contributed by atoms with Gasteiger partial charge in [-0.05, 0) is 68.1 Å². The van der Waals surface area contributed by atoms with Gasteiger partial charge in [-0.25, -0.2) is 0 Å². The second-order valence-corrected chi connectivity index (χ2v) is 7.28. The highest BCUT2D eigenvalue weighted by Gasteiger charge is 2.30. The molecule has 0 unspecified atom stereocenters. The average molecular weight is 374 g/mol. The molecule has 1 aliphatic heterocycles. The predicted octanol–water partition coefficient (Wildman–Crippen LogP) is 4.45. The third-order valence-corrected chi connectivity index (χ3v) is 5.32. The van der Waals surface area contributed by atoms with E-state index in [1.807, 2.05) is 38.1 Å². The number of aromatic hydroxyl groups is 2. The van der Waals surface area contributed by atoms with Gasteiger partial charge in [0.2, 0.25) is 0 Å². The fraction of sp³-hybridized carbons (Fsp3) is 0.217. The van der Waals surface area contributed by atoms with Crippen LogP contribution in [0.3, 0.4) is 0 Å². The van der Waals surface area contributed by atoms with E-state index in [0.29, 0.717) is 0 Å². The number of carbonyl (C=O) groups is 1. The number of phenols is 2. The van der Waals surface area contributed by atoms with Gasteiger partial charge < -0.3 is 15.1 Å². The zero-order chi connectivity index (χ0) is 19.8. The van der Waals surface area contributed by atoms with Crippen molar-refractivity contribution in [2.24, 2.45) is 0 Å². The largest absolute Gasteiger partial charge is 0.508 e. The van der Waals surface area contributed by atoms with E-state index in [2.05, 4.69) is 11.1 Å². The third-order valence-electron chi connectivity index (χ3n) is 5.32. The van der Waals surface area contributed by atoms with Gasteiger partial charge in [0.25, 0.3) is 5.91 Å². The van der Waals surface area contributed by atoms with E-state index in [9.17, 15) is 15.0 Å². The van der Waals surface area contributed by atoms with E-state index in [-0.39, 0.29) is 29.0 Å². The molecule has 0 saturated heterocycles. The monoisotopic (exact) mass is 374 g/mol. The van der Waals surface area contributed by atoms with Gasteiger partial charge in [-0.3, -0.25) is 9.78 Å². The molecule has 0 fully saturated rings. The number of carbonyl (C=O) groups excluding carboxylic acids is 1. The van der Waals surface area contributed by atoms with E-state index in [4.69, 9.17) is 0 Å². The van der Waals surface area contributed by atoms with Crippen molar-refractivity contribution in [2.75, 3.05) is 4.90 Å². The van der Waals surface area contributed by atoms with Gasteiger partial charge in [-0.15, -0.1) is 0 Å². The van der Waals surface area contributed by atoms with Crippen LogP contribution in [0.25, 0.3) is 11.3 Å². The number of fused-ring (bicyclic) bond motifs is 1. The van der Waals surface area contributed by atoms with Crippen LogP contribution in [0.4, 0.5) is 5.69 Å². The summed E-state index contributed by atoms with van der Waals surface area (Å²) in [5.74, 6) is -0.561. The summed E-state index contributed by atoms with van der Waals surface area (Å²) >= 11 is 0. The maximum absolute atomic E-state index is 13.2. The van der Waals surface area contributed by atoms with Crippen LogP contribution in [0.1, 0.15) is 34.8 Å². The smallest absolute Gasteiger partial charge is 0.262 e. The Balaban J connectivity index is 1.76. The van der Waals surface area contributed by atoms with Crippen LogP contribution < -0.4 is 4.90 Å². The molecule has 0 spiro atoms. The first-order chi connectivity index (χ1) is 13.5. The number of hydrogen-bond donors (Lipinski definition) is 2. The summed E-state index contributed by atoms with van der Waals surface area (Å²) in [4.78, 5) is 19.4. The zero-order valence-electron chi connectivity index (χ0n) is 15.9. The number of aromatic nitrogens is 1. The Bertz CT molecular complexity index is 1060. The topological polar surface area (TPSA) is 73.7 Å². The normalized spacial score (nSPS) is 15.9. The molecule has 5 nitrogen and oxygen atoms in total. The Kier molecular flexibility index (Phi) is 4.51. The van der Waals surface area contributed by atoms with Gasteiger partial charge in [0, 0.05) is 29.6 Å². The van der Waals surface area contributed by atoms with Crippen molar-refractivity contribution >= 4 is 11.6 Å². The standard InChI is InChI=1S/C23H22N2O3/c1-14-4-3-11-24-22(14)17-7-10-20-16(12-17)6-5-15(2)25(20)23(28)19-9-8-18(26)13-21(19)27/h3-4,7-13,15,26-27H,5-6H2,1-2H3/t15-/m0/s1. The summed E-state index contributed by atoms with van der Waals surface area (Å²) < 4.78 is 0. The molecule has 2 heterocycles. The van der Waals surface area contributed by atoms with Gasteiger partial charge in [-0.2, -0.15) is 0 Å². The first kappa shape index (κ1) is 18.0. The minimum atomic E-state index is -0.271. The molecule has 0 radical (unpaired) electrons. The summed E-state index contributed by atoms with van der Waals surface area (Å²) in [5.41, 5.74) is 5.21. The van der Waals surface area contributed by atoms with Crippen molar-refractivity contribution in [1.29, 1.82) is 0 Å². The van der Waals surface area contributed by atoms with Gasteiger partial charge in [-0.1, -0.05) is 12.1 Å². The van der Waals surface area contributed by atoms with Gasteiger partial charge in [0.1, 0.15) is 11.5 Å². The molecule has 2 N–H and O–H groups in total. The van der Waals surface area contributed by atoms with Crippen molar-refractivity contribution < 1.29 is 15.0 Å². The summed E-state index contributed by atoms with van der Waals surface area (Å²) in [6, 6.07) is 14.1. The Labute approximate surface area is 163 Å². The van der Waals surface area contributed by atoms with Crippen LogP contribution >= 0.6 is 0 Å². The van der Waals surface area contributed by atoms with Crippen LogP contribution in [0.5, 0.6) is 11.5 Å². The summed E-state index contributed by atoms with van der Waals surface area (Å²) in [6.07, 6.45) is 3.50. The molecule has 5 heteroatoms. The number of benzene rings is 2. The number of anilines is 1. The van der Waals surface area contributed by atoms with Crippen LogP contribution in [-0.2, 0) is 6.42 Å². The molecule has 0 saturated carbocycles. The maximum atomic E-state index is 13.2. The van der Waals surface area contributed by atoms with E-state index in [0.717, 1.165) is 40.9 Å². The molecule has 1 amide bonds. The number of nitrogens with zero attached hydrogens (tertiary/aromatic N) is 2. The lowest BCUT2D eigenvalue weighted by Gasteiger charge is -2.35. The number of pyridine rings is 1. The fourth-order valence-corrected chi connectivity index (χ4v) is 3.83.